The van der Waals surface area contributed by atoms with E-state index in [2.05, 4.69) is 9.98 Å². The van der Waals surface area contributed by atoms with Crippen LogP contribution in [0.3, 0.4) is 0 Å². The number of oxazole rings is 1. The highest BCUT2D eigenvalue weighted by Crippen LogP contribution is 2.33. The summed E-state index contributed by atoms with van der Waals surface area (Å²) in [7, 11) is -4.49. The summed E-state index contributed by atoms with van der Waals surface area (Å²) in [5, 5.41) is 0. The smallest absolute Gasteiger partial charge is 0.408 e. The first kappa shape index (κ1) is 23.9. The molecule has 0 spiro atoms. The SMILES string of the molecule is C[C@H](c1ccccc1C1C=NCCC1)n1c(=O)oc2cc(S(=O)(=O)Nc3cccc(F)n3)c(F)cc21. The Morgan fingerprint density at radius 1 is 1.14 bits per heavy atom. The van der Waals surface area contributed by atoms with Gasteiger partial charge in [-0.1, -0.05) is 30.3 Å². The van der Waals surface area contributed by atoms with E-state index >= 15 is 4.39 Å². The Kier molecular flexibility index (Phi) is 6.17. The van der Waals surface area contributed by atoms with Crippen LogP contribution < -0.4 is 10.5 Å². The zero-order valence-corrected chi connectivity index (χ0v) is 20.0. The molecule has 186 valence electrons. The average Bonchev–Trinajstić information content (AvgIpc) is 3.18. The number of halogens is 2. The number of anilines is 1. The molecule has 1 aliphatic rings. The van der Waals surface area contributed by atoms with E-state index in [-0.39, 0.29) is 22.8 Å². The van der Waals surface area contributed by atoms with Crippen molar-refractivity contribution in [1.29, 1.82) is 0 Å². The third-order valence-electron chi connectivity index (χ3n) is 6.23. The summed E-state index contributed by atoms with van der Waals surface area (Å²) in [6.07, 6.45) is 3.81. The summed E-state index contributed by atoms with van der Waals surface area (Å²) in [4.78, 5) is 19.9. The van der Waals surface area contributed by atoms with Gasteiger partial charge in [-0.15, -0.1) is 0 Å². The zero-order chi connectivity index (χ0) is 25.4. The Hall–Kier alpha value is -3.86. The van der Waals surface area contributed by atoms with E-state index in [9.17, 15) is 17.6 Å². The monoisotopic (exact) mass is 512 g/mol. The molecular formula is C25H22F2N4O4S. The molecule has 0 saturated carbocycles. The van der Waals surface area contributed by atoms with E-state index in [1.54, 1.807) is 6.92 Å². The van der Waals surface area contributed by atoms with Crippen LogP contribution in [0.5, 0.6) is 0 Å². The summed E-state index contributed by atoms with van der Waals surface area (Å²) in [6.45, 7) is 2.59. The second-order valence-corrected chi connectivity index (χ2v) is 10.2. The van der Waals surface area contributed by atoms with E-state index < -0.39 is 38.5 Å². The van der Waals surface area contributed by atoms with E-state index in [0.29, 0.717) is 0 Å². The van der Waals surface area contributed by atoms with Gasteiger partial charge in [0, 0.05) is 30.8 Å². The van der Waals surface area contributed by atoms with Crippen molar-refractivity contribution in [3.8, 4) is 0 Å². The molecule has 3 heterocycles. The van der Waals surface area contributed by atoms with Gasteiger partial charge in [0.2, 0.25) is 5.95 Å². The molecule has 2 aromatic carbocycles. The van der Waals surface area contributed by atoms with Crippen molar-refractivity contribution >= 4 is 33.2 Å². The van der Waals surface area contributed by atoms with Crippen LogP contribution in [0, 0.1) is 11.8 Å². The number of hydrogen-bond acceptors (Lipinski definition) is 6. The van der Waals surface area contributed by atoms with Crippen LogP contribution in [0.15, 0.2) is 73.7 Å². The van der Waals surface area contributed by atoms with Crippen molar-refractivity contribution < 1.29 is 21.6 Å². The molecule has 36 heavy (non-hydrogen) atoms. The molecule has 5 rings (SSSR count). The highest BCUT2D eigenvalue weighted by Gasteiger charge is 2.27. The van der Waals surface area contributed by atoms with Gasteiger partial charge in [0.05, 0.1) is 11.6 Å². The number of aliphatic imine (C=N–C) groups is 1. The molecule has 0 bridgehead atoms. The molecule has 8 nitrogen and oxygen atoms in total. The molecule has 1 N–H and O–H groups in total. The van der Waals surface area contributed by atoms with Gasteiger partial charge in [0.25, 0.3) is 10.0 Å². The minimum atomic E-state index is -4.49. The summed E-state index contributed by atoms with van der Waals surface area (Å²) < 4.78 is 62.8. The Labute approximate surface area is 205 Å². The predicted molar refractivity (Wildman–Crippen MR) is 131 cm³/mol. The van der Waals surface area contributed by atoms with Crippen molar-refractivity contribution in [2.24, 2.45) is 4.99 Å². The molecule has 0 amide bonds. The van der Waals surface area contributed by atoms with Gasteiger partial charge in [-0.3, -0.25) is 14.3 Å². The van der Waals surface area contributed by atoms with Gasteiger partial charge < -0.3 is 4.42 Å². The molecular weight excluding hydrogens is 490 g/mol. The number of pyridine rings is 1. The molecule has 2 aromatic heterocycles. The molecule has 1 aliphatic heterocycles. The van der Waals surface area contributed by atoms with Gasteiger partial charge in [-0.2, -0.15) is 4.39 Å². The first-order valence-corrected chi connectivity index (χ1v) is 12.8. The maximum absolute atomic E-state index is 15.1. The molecule has 2 atom stereocenters. The normalized spacial score (nSPS) is 16.8. The number of aromatic nitrogens is 2. The van der Waals surface area contributed by atoms with E-state index in [1.807, 2.05) is 35.2 Å². The first-order valence-electron chi connectivity index (χ1n) is 11.3. The minimum absolute atomic E-state index is 0.0993. The quantitative estimate of drug-likeness (QED) is 0.379. The van der Waals surface area contributed by atoms with Crippen molar-refractivity contribution in [2.45, 2.75) is 36.6 Å². The lowest BCUT2D eigenvalue weighted by Gasteiger charge is -2.23. The van der Waals surface area contributed by atoms with Gasteiger partial charge in [0.1, 0.15) is 16.5 Å². The van der Waals surface area contributed by atoms with Crippen molar-refractivity contribution in [2.75, 3.05) is 11.3 Å². The lowest BCUT2D eigenvalue weighted by atomic mass is 9.87. The molecule has 11 heteroatoms. The Morgan fingerprint density at radius 2 is 1.94 bits per heavy atom. The minimum Gasteiger partial charge on any atom is -0.408 e. The molecule has 4 aromatic rings. The summed E-state index contributed by atoms with van der Waals surface area (Å²) in [5.41, 5.74) is 1.88. The number of nitrogens with zero attached hydrogens (tertiary/aromatic N) is 3. The van der Waals surface area contributed by atoms with Crippen LogP contribution in [0.2, 0.25) is 0 Å². The lowest BCUT2D eigenvalue weighted by molar-refractivity contribution is 0.487. The largest absolute Gasteiger partial charge is 0.420 e. The first-order chi connectivity index (χ1) is 17.2. The van der Waals surface area contributed by atoms with Crippen LogP contribution in [0.1, 0.15) is 42.9 Å². The Morgan fingerprint density at radius 3 is 2.69 bits per heavy atom. The molecule has 0 radical (unpaired) electrons. The third kappa shape index (κ3) is 4.41. The second kappa shape index (κ2) is 9.30. The summed E-state index contributed by atoms with van der Waals surface area (Å²) in [6, 6.07) is 12.6. The highest BCUT2D eigenvalue weighted by molar-refractivity contribution is 7.92. The molecule has 1 unspecified atom stereocenters. The maximum Gasteiger partial charge on any atom is 0.420 e. The van der Waals surface area contributed by atoms with Crippen LogP contribution in [-0.4, -0.2) is 30.7 Å². The van der Waals surface area contributed by atoms with Crippen LogP contribution in [0.4, 0.5) is 14.6 Å². The van der Waals surface area contributed by atoms with E-state index in [4.69, 9.17) is 4.42 Å². The van der Waals surface area contributed by atoms with Crippen molar-refractivity contribution in [1.82, 2.24) is 9.55 Å². The highest BCUT2D eigenvalue weighted by atomic mass is 32.2. The summed E-state index contributed by atoms with van der Waals surface area (Å²) in [5.74, 6) is -2.96. The number of fused-ring (bicyclic) bond motifs is 1. The third-order valence-corrected chi connectivity index (χ3v) is 7.60. The summed E-state index contributed by atoms with van der Waals surface area (Å²) >= 11 is 0. The average molecular weight is 513 g/mol. The van der Waals surface area contributed by atoms with Gasteiger partial charge in [-0.05, 0) is 43.0 Å². The molecule has 0 saturated heterocycles. The van der Waals surface area contributed by atoms with Crippen molar-refractivity contribution in [3.63, 3.8) is 0 Å². The second-order valence-electron chi connectivity index (χ2n) is 8.55. The van der Waals surface area contributed by atoms with Gasteiger partial charge in [-0.25, -0.2) is 22.6 Å². The number of rotatable bonds is 6. The van der Waals surface area contributed by atoms with Crippen molar-refractivity contribution in [3.05, 3.63) is 88.0 Å². The topological polar surface area (TPSA) is 107 Å². The van der Waals surface area contributed by atoms with Gasteiger partial charge in [0.15, 0.2) is 5.58 Å². The fourth-order valence-corrected chi connectivity index (χ4v) is 5.63. The van der Waals surface area contributed by atoms with Crippen LogP contribution >= 0.6 is 0 Å². The number of nitrogens with one attached hydrogen (secondary N) is 1. The predicted octanol–water partition coefficient (Wildman–Crippen LogP) is 4.63. The number of benzene rings is 2. The lowest BCUT2D eigenvalue weighted by Crippen LogP contribution is -2.21. The Bertz CT molecular complexity index is 1650. The maximum atomic E-state index is 15.1. The number of sulfonamides is 1. The Balaban J connectivity index is 1.56. The van der Waals surface area contributed by atoms with E-state index in [0.717, 1.165) is 48.7 Å². The van der Waals surface area contributed by atoms with Gasteiger partial charge >= 0.3 is 5.76 Å². The van der Waals surface area contributed by atoms with Crippen LogP contribution in [-0.2, 0) is 10.0 Å². The zero-order valence-electron chi connectivity index (χ0n) is 19.2. The fraction of sp³-hybridized carbons (Fsp3) is 0.240. The molecule has 0 fully saturated rings. The molecule has 0 aliphatic carbocycles. The fourth-order valence-electron chi connectivity index (χ4n) is 4.55. The standard InChI is InChI=1S/C25H22F2N4O4S/c1-15(17-7-2-3-8-18(17)16-6-5-11-28-14-16)31-20-12-19(26)22(13-21(20)35-25(31)32)36(33,34)30-24-10-4-9-23(27)29-24/h2-4,7-10,12-16H,5-6,11H2,1H3,(H,29,30)/t15-,16?/m1/s1. The van der Waals surface area contributed by atoms with E-state index in [1.165, 1.54) is 16.7 Å². The van der Waals surface area contributed by atoms with Crippen LogP contribution in [0.25, 0.3) is 11.1 Å². The number of hydrogen-bond donors (Lipinski definition) is 1.